The summed E-state index contributed by atoms with van der Waals surface area (Å²) in [5.41, 5.74) is 2.04. The molecule has 1 heterocycles. The average molecular weight is 446 g/mol. The van der Waals surface area contributed by atoms with Gasteiger partial charge in [-0.05, 0) is 34.5 Å². The summed E-state index contributed by atoms with van der Waals surface area (Å²) in [5, 5.41) is 15.2. The molecule has 0 aliphatic heterocycles. The van der Waals surface area contributed by atoms with Crippen molar-refractivity contribution in [1.29, 1.82) is 0 Å². The molecule has 3 rings (SSSR count). The Labute approximate surface area is 173 Å². The van der Waals surface area contributed by atoms with Gasteiger partial charge in [-0.15, -0.1) is 0 Å². The van der Waals surface area contributed by atoms with Crippen LogP contribution in [0.5, 0.6) is 11.5 Å². The van der Waals surface area contributed by atoms with Gasteiger partial charge in [0.25, 0.3) is 0 Å². The number of halogens is 1. The smallest absolute Gasteiger partial charge is 0.243 e. The van der Waals surface area contributed by atoms with Crippen LogP contribution in [-0.4, -0.2) is 27.3 Å². The average Bonchev–Trinajstić information content (AvgIpc) is 3.17. The summed E-state index contributed by atoms with van der Waals surface area (Å²) < 4.78 is 14.4. The van der Waals surface area contributed by atoms with Gasteiger partial charge in [0, 0.05) is 23.1 Å². The van der Waals surface area contributed by atoms with Crippen molar-refractivity contribution in [2.24, 2.45) is 0 Å². The van der Waals surface area contributed by atoms with Crippen LogP contribution in [0.2, 0.25) is 0 Å². The van der Waals surface area contributed by atoms with E-state index in [0.717, 1.165) is 35.0 Å². The van der Waals surface area contributed by atoms with Gasteiger partial charge in [0.1, 0.15) is 6.61 Å². The van der Waals surface area contributed by atoms with Crippen molar-refractivity contribution in [1.82, 2.24) is 20.2 Å². The zero-order valence-corrected chi connectivity index (χ0v) is 17.6. The molecule has 0 atom stereocenters. The Morgan fingerprint density at radius 1 is 1.18 bits per heavy atom. The second-order valence-electron chi connectivity index (χ2n) is 6.30. The minimum absolute atomic E-state index is 0.458. The van der Waals surface area contributed by atoms with E-state index in [2.05, 4.69) is 43.7 Å². The van der Waals surface area contributed by atoms with Crippen molar-refractivity contribution >= 4 is 21.9 Å². The topological polar surface area (TPSA) is 74.1 Å². The lowest BCUT2D eigenvalue weighted by molar-refractivity contribution is 0.281. The van der Waals surface area contributed by atoms with Crippen molar-refractivity contribution < 1.29 is 9.47 Å². The number of tetrazole rings is 1. The summed E-state index contributed by atoms with van der Waals surface area (Å²) in [6.07, 6.45) is 2.11. The Morgan fingerprint density at radius 2 is 2.00 bits per heavy atom. The molecule has 28 heavy (non-hydrogen) atoms. The third-order valence-corrected chi connectivity index (χ3v) is 4.69. The van der Waals surface area contributed by atoms with E-state index >= 15 is 0 Å². The summed E-state index contributed by atoms with van der Waals surface area (Å²) in [5.74, 6) is 2.02. The van der Waals surface area contributed by atoms with Crippen molar-refractivity contribution in [2.45, 2.75) is 39.5 Å². The largest absolute Gasteiger partial charge is 0.493 e. The van der Waals surface area contributed by atoms with Crippen molar-refractivity contribution in [2.75, 3.05) is 12.4 Å². The van der Waals surface area contributed by atoms with E-state index in [-0.39, 0.29) is 0 Å². The normalized spacial score (nSPS) is 10.7. The Bertz CT molecular complexity index is 886. The van der Waals surface area contributed by atoms with Gasteiger partial charge < -0.3 is 14.8 Å². The second kappa shape index (κ2) is 10.1. The van der Waals surface area contributed by atoms with Crippen molar-refractivity contribution in [3.05, 3.63) is 58.1 Å². The van der Waals surface area contributed by atoms with Gasteiger partial charge in [0.2, 0.25) is 5.95 Å². The van der Waals surface area contributed by atoms with Gasteiger partial charge in [0.15, 0.2) is 11.5 Å². The molecule has 3 aromatic rings. The SMILES string of the molecule is CCCCn1nnnc1NCc1cc(Br)cc(OC)c1OCc1ccccc1. The zero-order chi connectivity index (χ0) is 19.8. The Hall–Kier alpha value is -2.61. The molecule has 148 valence electrons. The molecule has 0 fully saturated rings. The number of hydrogen-bond donors (Lipinski definition) is 1. The maximum atomic E-state index is 6.12. The number of unbranched alkanes of at least 4 members (excludes halogenated alkanes) is 1. The molecule has 0 saturated carbocycles. The first-order valence-corrected chi connectivity index (χ1v) is 10.0. The van der Waals surface area contributed by atoms with Gasteiger partial charge in [-0.3, -0.25) is 0 Å². The number of anilines is 1. The molecule has 0 radical (unpaired) electrons. The van der Waals surface area contributed by atoms with Gasteiger partial charge in [-0.25, -0.2) is 4.68 Å². The highest BCUT2D eigenvalue weighted by molar-refractivity contribution is 9.10. The van der Waals surface area contributed by atoms with Gasteiger partial charge >= 0.3 is 0 Å². The first kappa shape index (κ1) is 20.1. The molecular formula is C20H24BrN5O2. The molecule has 0 spiro atoms. The van der Waals surface area contributed by atoms with Gasteiger partial charge in [-0.2, -0.15) is 0 Å². The number of ether oxygens (including phenoxy) is 2. The van der Waals surface area contributed by atoms with E-state index in [1.807, 2.05) is 42.5 Å². The third kappa shape index (κ3) is 5.22. The fourth-order valence-electron chi connectivity index (χ4n) is 2.76. The lowest BCUT2D eigenvalue weighted by Gasteiger charge is -2.16. The van der Waals surface area contributed by atoms with E-state index in [0.29, 0.717) is 30.6 Å². The molecule has 0 aliphatic rings. The lowest BCUT2D eigenvalue weighted by Crippen LogP contribution is -2.10. The number of nitrogens with one attached hydrogen (secondary N) is 1. The molecule has 8 heteroatoms. The third-order valence-electron chi connectivity index (χ3n) is 4.23. The predicted molar refractivity (Wildman–Crippen MR) is 112 cm³/mol. The molecule has 0 aliphatic carbocycles. The number of rotatable bonds is 10. The van der Waals surface area contributed by atoms with Crippen LogP contribution in [0, 0.1) is 0 Å². The fraction of sp³-hybridized carbons (Fsp3) is 0.350. The monoisotopic (exact) mass is 445 g/mol. The molecular weight excluding hydrogens is 422 g/mol. The van der Waals surface area contributed by atoms with E-state index < -0.39 is 0 Å². The molecule has 0 bridgehead atoms. The molecule has 0 amide bonds. The van der Waals surface area contributed by atoms with Crippen molar-refractivity contribution in [3.63, 3.8) is 0 Å². The van der Waals surface area contributed by atoms with E-state index in [4.69, 9.17) is 9.47 Å². The molecule has 7 nitrogen and oxygen atoms in total. The van der Waals surface area contributed by atoms with Crippen LogP contribution in [0.4, 0.5) is 5.95 Å². The predicted octanol–water partition coefficient (Wildman–Crippen LogP) is 4.44. The molecule has 0 saturated heterocycles. The molecule has 0 unspecified atom stereocenters. The summed E-state index contributed by atoms with van der Waals surface area (Å²) >= 11 is 3.54. The van der Waals surface area contributed by atoms with Crippen LogP contribution < -0.4 is 14.8 Å². The Kier molecular flexibility index (Phi) is 7.25. The van der Waals surface area contributed by atoms with Crippen LogP contribution >= 0.6 is 15.9 Å². The Morgan fingerprint density at radius 3 is 2.75 bits per heavy atom. The summed E-state index contributed by atoms with van der Waals surface area (Å²) in [6.45, 7) is 3.89. The quantitative estimate of drug-likeness (QED) is 0.497. The first-order chi connectivity index (χ1) is 13.7. The molecule has 1 N–H and O–H groups in total. The van der Waals surface area contributed by atoms with Crippen LogP contribution in [0.1, 0.15) is 30.9 Å². The van der Waals surface area contributed by atoms with E-state index in [1.54, 1.807) is 11.8 Å². The number of hydrogen-bond acceptors (Lipinski definition) is 6. The molecule has 1 aromatic heterocycles. The van der Waals surface area contributed by atoms with E-state index in [9.17, 15) is 0 Å². The second-order valence-corrected chi connectivity index (χ2v) is 7.22. The van der Waals surface area contributed by atoms with Gasteiger partial charge in [-0.1, -0.05) is 64.7 Å². The first-order valence-electron chi connectivity index (χ1n) is 9.24. The number of benzene rings is 2. The summed E-state index contributed by atoms with van der Waals surface area (Å²) in [6, 6.07) is 14.0. The van der Waals surface area contributed by atoms with Crippen LogP contribution in [-0.2, 0) is 19.7 Å². The summed E-state index contributed by atoms with van der Waals surface area (Å²) in [7, 11) is 1.64. The highest BCUT2D eigenvalue weighted by atomic mass is 79.9. The fourth-order valence-corrected chi connectivity index (χ4v) is 3.25. The highest BCUT2D eigenvalue weighted by Crippen LogP contribution is 2.35. The lowest BCUT2D eigenvalue weighted by atomic mass is 10.1. The van der Waals surface area contributed by atoms with Crippen LogP contribution in [0.25, 0.3) is 0 Å². The van der Waals surface area contributed by atoms with Crippen molar-refractivity contribution in [3.8, 4) is 11.5 Å². The zero-order valence-electron chi connectivity index (χ0n) is 16.1. The van der Waals surface area contributed by atoms with Gasteiger partial charge in [0.05, 0.1) is 7.11 Å². The van der Waals surface area contributed by atoms with Crippen LogP contribution in [0.3, 0.4) is 0 Å². The number of methoxy groups -OCH3 is 1. The molecule has 2 aromatic carbocycles. The van der Waals surface area contributed by atoms with Crippen LogP contribution in [0.15, 0.2) is 46.9 Å². The maximum Gasteiger partial charge on any atom is 0.243 e. The standard InChI is InChI=1S/C20H24BrN5O2/c1-3-4-10-26-20(23-24-25-26)22-13-16-11-17(21)12-18(27-2)19(16)28-14-15-8-6-5-7-9-15/h5-9,11-12H,3-4,10,13-14H2,1-2H3,(H,22,23,25). The number of aryl methyl sites for hydroxylation is 1. The number of aromatic nitrogens is 4. The maximum absolute atomic E-state index is 6.12. The minimum atomic E-state index is 0.458. The summed E-state index contributed by atoms with van der Waals surface area (Å²) in [4.78, 5) is 0. The van der Waals surface area contributed by atoms with E-state index in [1.165, 1.54) is 0 Å². The highest BCUT2D eigenvalue weighted by Gasteiger charge is 2.14. The number of nitrogens with zero attached hydrogens (tertiary/aromatic N) is 4. The minimum Gasteiger partial charge on any atom is -0.493 e. The Balaban J connectivity index is 1.77.